The number of aromatic nitrogens is 2. The average Bonchev–Trinajstić information content (AvgIpc) is 4.05. The topological polar surface area (TPSA) is 139 Å². The van der Waals surface area contributed by atoms with Crippen molar-refractivity contribution in [1.82, 2.24) is 25.5 Å². The van der Waals surface area contributed by atoms with Crippen molar-refractivity contribution in [2.24, 2.45) is 5.92 Å². The van der Waals surface area contributed by atoms with E-state index >= 15 is 0 Å². The van der Waals surface area contributed by atoms with Crippen LogP contribution in [0.25, 0.3) is 33.7 Å². The number of alkyl halides is 3. The van der Waals surface area contributed by atoms with Gasteiger partial charge in [0.1, 0.15) is 22.2 Å². The molecule has 4 atom stereocenters. The fourth-order valence-corrected chi connectivity index (χ4v) is 9.79. The lowest BCUT2D eigenvalue weighted by atomic mass is 9.91. The quantitative estimate of drug-likeness (QED) is 0.119. The second kappa shape index (κ2) is 15.4. The number of carboxylic acids is 1. The van der Waals surface area contributed by atoms with E-state index in [9.17, 15) is 27.9 Å². The zero-order valence-corrected chi connectivity index (χ0v) is 33.3. The third kappa shape index (κ3) is 7.29. The molecule has 2 saturated heterocycles. The minimum atomic E-state index is -4.68. The van der Waals surface area contributed by atoms with Crippen LogP contribution in [0.5, 0.6) is 11.8 Å². The summed E-state index contributed by atoms with van der Waals surface area (Å²) in [6.45, 7) is 3.80. The molecular formula is C44H43ClF3N5O6. The minimum absolute atomic E-state index is 0.0617. The van der Waals surface area contributed by atoms with E-state index in [4.69, 9.17) is 25.5 Å². The van der Waals surface area contributed by atoms with Crippen LogP contribution in [-0.2, 0) is 35.2 Å². The molecule has 5 aromatic rings. The number of hydrogen-bond donors (Lipinski definition) is 3. The number of rotatable bonds is 11. The van der Waals surface area contributed by atoms with Gasteiger partial charge < -0.3 is 29.6 Å². The summed E-state index contributed by atoms with van der Waals surface area (Å²) in [5.74, 6) is -0.608. The third-order valence-electron chi connectivity index (χ3n) is 12.4. The van der Waals surface area contributed by atoms with E-state index in [0.717, 1.165) is 39.8 Å². The number of halogens is 4. The molecule has 2 aliphatic carbocycles. The number of nitrogens with one attached hydrogen (secondary N) is 2. The molecule has 0 spiro atoms. The van der Waals surface area contributed by atoms with E-state index < -0.39 is 23.6 Å². The van der Waals surface area contributed by atoms with Crippen LogP contribution in [0.4, 0.5) is 13.2 Å². The van der Waals surface area contributed by atoms with Crippen LogP contribution in [0, 0.1) is 12.8 Å². The van der Waals surface area contributed by atoms with Crippen LogP contribution in [0.15, 0.2) is 52.9 Å². The Morgan fingerprint density at radius 3 is 2.53 bits per heavy atom. The monoisotopic (exact) mass is 829 g/mol. The number of aliphatic carboxylic acids is 1. The van der Waals surface area contributed by atoms with Crippen LogP contribution in [0.1, 0.15) is 83.2 Å². The van der Waals surface area contributed by atoms with Gasteiger partial charge in [0.2, 0.25) is 23.6 Å². The number of oxazole rings is 1. The van der Waals surface area contributed by atoms with Crippen molar-refractivity contribution in [2.45, 2.75) is 82.8 Å². The molecule has 11 nitrogen and oxygen atoms in total. The van der Waals surface area contributed by atoms with Gasteiger partial charge in [-0.25, -0.2) is 4.98 Å². The van der Waals surface area contributed by atoms with Gasteiger partial charge in [-0.05, 0) is 109 Å². The van der Waals surface area contributed by atoms with E-state index in [-0.39, 0.29) is 58.9 Å². The first kappa shape index (κ1) is 39.3. The minimum Gasteiger partial charge on any atom is -0.481 e. The summed E-state index contributed by atoms with van der Waals surface area (Å²) in [4.78, 5) is 34.5. The Balaban J connectivity index is 0.987. The highest BCUT2D eigenvalue weighted by Crippen LogP contribution is 2.49. The van der Waals surface area contributed by atoms with Gasteiger partial charge in [-0.15, -0.1) is 0 Å². The van der Waals surface area contributed by atoms with Crippen molar-refractivity contribution in [3.63, 3.8) is 0 Å². The smallest absolute Gasteiger partial charge is 0.420 e. The van der Waals surface area contributed by atoms with Crippen LogP contribution in [0.3, 0.4) is 0 Å². The lowest BCUT2D eigenvalue weighted by molar-refractivity contribution is -0.141. The second-order valence-corrected chi connectivity index (χ2v) is 16.3. The summed E-state index contributed by atoms with van der Waals surface area (Å²) in [6, 6.07) is 14.9. The molecule has 3 aromatic carbocycles. The zero-order chi connectivity index (χ0) is 41.2. The number of carbonyl (C=O) groups excluding carboxylic acids is 1. The Morgan fingerprint density at radius 2 is 1.78 bits per heavy atom. The van der Waals surface area contributed by atoms with Gasteiger partial charge >= 0.3 is 12.1 Å². The molecule has 308 valence electrons. The van der Waals surface area contributed by atoms with Gasteiger partial charge in [-0.2, -0.15) is 18.2 Å². The number of fused-ring (bicyclic) bond motifs is 3. The third-order valence-corrected chi connectivity index (χ3v) is 12.7. The van der Waals surface area contributed by atoms with Crippen LogP contribution >= 0.6 is 11.6 Å². The number of carboxylic acid groups (broad SMARTS) is 1. The number of pyridine rings is 1. The Kier molecular flexibility index (Phi) is 10.3. The molecule has 2 aromatic heterocycles. The van der Waals surface area contributed by atoms with Crippen molar-refractivity contribution in [3.05, 3.63) is 92.5 Å². The molecular weight excluding hydrogens is 787 g/mol. The highest BCUT2D eigenvalue weighted by Gasteiger charge is 2.44. The number of carbonyl (C=O) groups is 2. The molecule has 15 heteroatoms. The first-order valence-electron chi connectivity index (χ1n) is 20.0. The zero-order valence-electron chi connectivity index (χ0n) is 32.5. The maximum absolute atomic E-state index is 14.9. The standard InChI is InChI=1S/C44H43ClF3N5O6/c1-22-26(28-7-4-8-30-29(28)11-13-36(30)58-42-33(45)17-24(40(52-42)57-2)19-49-20-25-9-14-37(54)50-25)5-3-6-27(22)41-51-34-18-32-31(38(39(34)59-41)44(46,47)48)10-12-35(32)53-16-15-23(21-53)43(55)56/h3-8,17-18,23,25,35-36,49H,9-16,19-21H2,1-2H3,(H,50,54)(H,55,56)/t23-,25-,35-,36+/m1/s1. The normalized spacial score (nSPS) is 21.6. The summed E-state index contributed by atoms with van der Waals surface area (Å²) < 4.78 is 62.8. The van der Waals surface area contributed by atoms with E-state index in [1.54, 1.807) is 19.2 Å². The van der Waals surface area contributed by atoms with E-state index in [2.05, 4.69) is 20.6 Å². The second-order valence-electron chi connectivity index (χ2n) is 15.9. The summed E-state index contributed by atoms with van der Waals surface area (Å²) in [5.41, 5.74) is 5.91. The summed E-state index contributed by atoms with van der Waals surface area (Å²) >= 11 is 6.73. The molecule has 9 rings (SSSR count). The first-order valence-corrected chi connectivity index (χ1v) is 20.4. The SMILES string of the molecule is COc1nc(O[C@H]2CCc3c(-c4cccc(-c5nc6cc7c(c(C(F)(F)F)c6o5)CC[C@H]7N5CC[C@@H](C(=O)O)C5)c4C)cccc32)c(Cl)cc1CNC[C@H]1CCC(=O)N1. The van der Waals surface area contributed by atoms with E-state index in [1.165, 1.54) is 0 Å². The molecule has 0 saturated carbocycles. The van der Waals surface area contributed by atoms with E-state index in [1.807, 2.05) is 48.2 Å². The maximum atomic E-state index is 14.9. The predicted octanol–water partition coefficient (Wildman–Crippen LogP) is 8.37. The lowest BCUT2D eigenvalue weighted by Gasteiger charge is -2.25. The Labute approximate surface area is 343 Å². The Morgan fingerprint density at radius 1 is 1.00 bits per heavy atom. The largest absolute Gasteiger partial charge is 0.481 e. The average molecular weight is 830 g/mol. The van der Waals surface area contributed by atoms with Crippen molar-refractivity contribution in [3.8, 4) is 34.3 Å². The molecule has 4 heterocycles. The number of amides is 1. The molecule has 59 heavy (non-hydrogen) atoms. The number of likely N-dealkylation sites (tertiary alicyclic amines) is 1. The fraction of sp³-hybridized carbons (Fsp3) is 0.409. The first-order chi connectivity index (χ1) is 28.4. The van der Waals surface area contributed by atoms with Crippen LogP contribution in [-0.4, -0.2) is 64.6 Å². The van der Waals surface area contributed by atoms with Crippen molar-refractivity contribution < 1.29 is 41.8 Å². The van der Waals surface area contributed by atoms with Gasteiger partial charge in [0.25, 0.3) is 0 Å². The number of benzene rings is 3. The van der Waals surface area contributed by atoms with Crippen molar-refractivity contribution in [1.29, 1.82) is 0 Å². The van der Waals surface area contributed by atoms with Gasteiger partial charge in [0.15, 0.2) is 5.58 Å². The molecule has 0 radical (unpaired) electrons. The highest BCUT2D eigenvalue weighted by atomic mass is 35.5. The van der Waals surface area contributed by atoms with Gasteiger partial charge in [-0.1, -0.05) is 41.9 Å². The summed E-state index contributed by atoms with van der Waals surface area (Å²) in [5, 5.41) is 16.2. The Hall–Kier alpha value is -5.18. The van der Waals surface area contributed by atoms with Crippen LogP contribution < -0.4 is 20.1 Å². The molecule has 1 amide bonds. The Bertz CT molecular complexity index is 2490. The molecule has 0 bridgehead atoms. The molecule has 2 fully saturated rings. The van der Waals surface area contributed by atoms with Crippen LogP contribution in [0.2, 0.25) is 5.02 Å². The molecule has 3 N–H and O–H groups in total. The predicted molar refractivity (Wildman–Crippen MR) is 213 cm³/mol. The molecule has 4 aliphatic rings. The molecule has 2 aliphatic heterocycles. The number of methoxy groups -OCH3 is 1. The number of hydrogen-bond acceptors (Lipinski definition) is 9. The van der Waals surface area contributed by atoms with Gasteiger partial charge in [-0.3, -0.25) is 14.5 Å². The highest BCUT2D eigenvalue weighted by molar-refractivity contribution is 6.31. The van der Waals surface area contributed by atoms with Gasteiger partial charge in [0, 0.05) is 49.3 Å². The molecule has 0 unspecified atom stereocenters. The fourth-order valence-electron chi connectivity index (χ4n) is 9.57. The van der Waals surface area contributed by atoms with Crippen molar-refractivity contribution >= 4 is 34.6 Å². The number of ether oxygens (including phenoxy) is 2. The number of nitrogens with zero attached hydrogens (tertiary/aromatic N) is 3. The maximum Gasteiger partial charge on any atom is 0.420 e. The van der Waals surface area contributed by atoms with Crippen molar-refractivity contribution in [2.75, 3.05) is 26.7 Å². The van der Waals surface area contributed by atoms with Gasteiger partial charge in [0.05, 0.1) is 13.0 Å². The lowest BCUT2D eigenvalue weighted by Crippen LogP contribution is -2.35. The summed E-state index contributed by atoms with van der Waals surface area (Å²) in [7, 11) is 1.54. The van der Waals surface area contributed by atoms with E-state index in [0.29, 0.717) is 80.3 Å². The summed E-state index contributed by atoms with van der Waals surface area (Å²) in [6.07, 6.45) is -1.14.